The van der Waals surface area contributed by atoms with Gasteiger partial charge in [-0.3, -0.25) is 9.79 Å². The highest BCUT2D eigenvalue weighted by Crippen LogP contribution is 2.09. The first-order valence-electron chi connectivity index (χ1n) is 9.91. The quantitative estimate of drug-likeness (QED) is 0.207. The van der Waals surface area contributed by atoms with E-state index in [0.717, 1.165) is 37.5 Å². The lowest BCUT2D eigenvalue weighted by Gasteiger charge is -2.12. The van der Waals surface area contributed by atoms with Crippen molar-refractivity contribution in [3.8, 4) is 0 Å². The van der Waals surface area contributed by atoms with Gasteiger partial charge in [-0.1, -0.05) is 29.3 Å². The van der Waals surface area contributed by atoms with Crippen LogP contribution < -0.4 is 16.0 Å². The van der Waals surface area contributed by atoms with E-state index in [1.165, 1.54) is 23.0 Å². The lowest BCUT2D eigenvalue weighted by atomic mass is 10.1. The highest BCUT2D eigenvalue weighted by Gasteiger charge is 2.11. The van der Waals surface area contributed by atoms with Crippen molar-refractivity contribution in [2.45, 2.75) is 40.5 Å². The number of amides is 1. The monoisotopic (exact) mass is 512 g/mol. The van der Waals surface area contributed by atoms with Crippen molar-refractivity contribution in [3.05, 3.63) is 58.5 Å². The number of halogens is 1. The number of carbonyl (C=O) groups excluding carboxylic acids is 1. The predicted octanol–water partition coefficient (Wildman–Crippen LogP) is 3.74. The van der Waals surface area contributed by atoms with Gasteiger partial charge in [0.05, 0.1) is 6.26 Å². The topological polar surface area (TPSA) is 78.7 Å². The summed E-state index contributed by atoms with van der Waals surface area (Å²) in [6.07, 6.45) is 3.24. The van der Waals surface area contributed by atoms with Crippen LogP contribution in [0.25, 0.3) is 0 Å². The van der Waals surface area contributed by atoms with E-state index in [4.69, 9.17) is 4.42 Å². The maximum atomic E-state index is 12.0. The molecule has 3 N–H and O–H groups in total. The molecule has 2 aromatic rings. The Kier molecular flexibility index (Phi) is 11.4. The first kappa shape index (κ1) is 25.0. The minimum atomic E-state index is -0.176. The second kappa shape index (κ2) is 13.2. The first-order valence-corrected chi connectivity index (χ1v) is 9.91. The second-order valence-corrected chi connectivity index (χ2v) is 6.98. The number of carbonyl (C=O) groups is 1. The van der Waals surface area contributed by atoms with Crippen LogP contribution in [0.3, 0.4) is 0 Å². The maximum absolute atomic E-state index is 12.0. The molecule has 0 atom stereocenters. The van der Waals surface area contributed by atoms with Gasteiger partial charge in [0.15, 0.2) is 11.7 Å². The van der Waals surface area contributed by atoms with Crippen LogP contribution in [0.15, 0.2) is 39.9 Å². The van der Waals surface area contributed by atoms with E-state index in [1.807, 2.05) is 13.8 Å². The Morgan fingerprint density at radius 2 is 1.76 bits per heavy atom. The Morgan fingerprint density at radius 1 is 1.03 bits per heavy atom. The molecule has 1 heterocycles. The fraction of sp³-hybridized carbons (Fsp3) is 0.455. The number of rotatable bonds is 9. The van der Waals surface area contributed by atoms with Gasteiger partial charge in [-0.05, 0) is 52.2 Å². The fourth-order valence-corrected chi connectivity index (χ4v) is 3.04. The van der Waals surface area contributed by atoms with Crippen molar-refractivity contribution in [1.29, 1.82) is 0 Å². The molecular formula is C22H33IN4O2. The molecule has 6 nitrogen and oxygen atoms in total. The number of furan rings is 1. The van der Waals surface area contributed by atoms with Gasteiger partial charge in [-0.15, -0.1) is 24.0 Å². The molecule has 1 aromatic carbocycles. The molecule has 160 valence electrons. The summed E-state index contributed by atoms with van der Waals surface area (Å²) in [5.41, 5.74) is 4.76. The van der Waals surface area contributed by atoms with Crippen LogP contribution in [-0.4, -0.2) is 38.0 Å². The zero-order chi connectivity index (χ0) is 20.4. The lowest BCUT2D eigenvalue weighted by molar-refractivity contribution is 0.0925. The van der Waals surface area contributed by atoms with E-state index < -0.39 is 0 Å². The maximum Gasteiger partial charge on any atom is 0.287 e. The van der Waals surface area contributed by atoms with Gasteiger partial charge in [-0.2, -0.15) is 0 Å². The molecule has 0 fully saturated rings. The third kappa shape index (κ3) is 8.89. The molecule has 0 saturated carbocycles. The van der Waals surface area contributed by atoms with Gasteiger partial charge in [0.25, 0.3) is 5.91 Å². The minimum absolute atomic E-state index is 0. The second-order valence-electron chi connectivity index (χ2n) is 6.98. The van der Waals surface area contributed by atoms with Crippen molar-refractivity contribution in [3.63, 3.8) is 0 Å². The molecule has 0 saturated heterocycles. The molecule has 0 bridgehead atoms. The number of benzene rings is 1. The summed E-state index contributed by atoms with van der Waals surface area (Å²) in [5, 5.41) is 9.50. The lowest BCUT2D eigenvalue weighted by Crippen LogP contribution is -2.38. The molecule has 29 heavy (non-hydrogen) atoms. The number of aliphatic imine (C=N–C) groups is 1. The van der Waals surface area contributed by atoms with Crippen molar-refractivity contribution in [2.75, 3.05) is 26.2 Å². The number of guanidine groups is 1. The third-order valence-corrected chi connectivity index (χ3v) is 4.29. The van der Waals surface area contributed by atoms with E-state index in [1.54, 1.807) is 6.07 Å². The Balaban J connectivity index is 0.00000420. The largest absolute Gasteiger partial charge is 0.459 e. The number of hydrogen-bond acceptors (Lipinski definition) is 3. The summed E-state index contributed by atoms with van der Waals surface area (Å²) in [7, 11) is 0. The molecule has 0 aliphatic rings. The summed E-state index contributed by atoms with van der Waals surface area (Å²) < 4.78 is 5.19. The van der Waals surface area contributed by atoms with Crippen molar-refractivity contribution in [2.24, 2.45) is 4.99 Å². The molecule has 0 aliphatic carbocycles. The van der Waals surface area contributed by atoms with Crippen LogP contribution in [0.1, 0.15) is 46.2 Å². The SMILES string of the molecule is CCNC(=NCCCNC(=O)c1occc1C)NCCc1cc(C)cc(C)c1.I. The van der Waals surface area contributed by atoms with Gasteiger partial charge in [0.1, 0.15) is 0 Å². The average molecular weight is 512 g/mol. The Bertz CT molecular complexity index is 782. The van der Waals surface area contributed by atoms with Crippen LogP contribution in [0.5, 0.6) is 0 Å². The van der Waals surface area contributed by atoms with Crippen LogP contribution >= 0.6 is 24.0 Å². The highest BCUT2D eigenvalue weighted by atomic mass is 127. The van der Waals surface area contributed by atoms with Gasteiger partial charge in [0, 0.05) is 31.7 Å². The standard InChI is InChI=1S/C22H32N4O2.HI/c1-5-23-22(26-11-7-19-14-16(2)13-17(3)15-19)25-10-6-9-24-21(27)20-18(4)8-12-28-20;/h8,12-15H,5-7,9-11H2,1-4H3,(H,24,27)(H2,23,25,26);1H. The van der Waals surface area contributed by atoms with Crippen molar-refractivity contribution >= 4 is 35.8 Å². The van der Waals surface area contributed by atoms with Gasteiger partial charge in [0.2, 0.25) is 0 Å². The Labute approximate surface area is 191 Å². The van der Waals surface area contributed by atoms with E-state index in [-0.39, 0.29) is 29.9 Å². The van der Waals surface area contributed by atoms with Gasteiger partial charge in [-0.25, -0.2) is 0 Å². The van der Waals surface area contributed by atoms with E-state index in [9.17, 15) is 4.79 Å². The summed E-state index contributed by atoms with van der Waals surface area (Å²) >= 11 is 0. The van der Waals surface area contributed by atoms with Gasteiger partial charge >= 0.3 is 0 Å². The summed E-state index contributed by atoms with van der Waals surface area (Å²) in [6.45, 7) is 11.0. The normalized spacial score (nSPS) is 11.0. The first-order chi connectivity index (χ1) is 13.5. The van der Waals surface area contributed by atoms with Crippen molar-refractivity contribution < 1.29 is 9.21 Å². The number of nitrogens with one attached hydrogen (secondary N) is 3. The van der Waals surface area contributed by atoms with Crippen LogP contribution in [0, 0.1) is 20.8 Å². The summed E-state index contributed by atoms with van der Waals surface area (Å²) in [5.74, 6) is 1.01. The van der Waals surface area contributed by atoms with Crippen LogP contribution in [0.2, 0.25) is 0 Å². The zero-order valence-electron chi connectivity index (χ0n) is 17.8. The molecule has 1 aromatic heterocycles. The molecule has 7 heteroatoms. The van der Waals surface area contributed by atoms with E-state index in [0.29, 0.717) is 18.8 Å². The number of nitrogens with zero attached hydrogens (tertiary/aromatic N) is 1. The summed E-state index contributed by atoms with van der Waals surface area (Å²) in [4.78, 5) is 16.6. The molecule has 0 unspecified atom stereocenters. The Morgan fingerprint density at radius 3 is 2.38 bits per heavy atom. The molecule has 2 rings (SSSR count). The zero-order valence-corrected chi connectivity index (χ0v) is 20.1. The van der Waals surface area contributed by atoms with E-state index >= 15 is 0 Å². The van der Waals surface area contributed by atoms with Gasteiger partial charge < -0.3 is 20.4 Å². The molecule has 0 radical (unpaired) electrons. The average Bonchev–Trinajstić information content (AvgIpc) is 3.06. The number of aryl methyl sites for hydroxylation is 3. The third-order valence-electron chi connectivity index (χ3n) is 4.29. The summed E-state index contributed by atoms with van der Waals surface area (Å²) in [6, 6.07) is 8.42. The number of hydrogen-bond donors (Lipinski definition) is 3. The van der Waals surface area contributed by atoms with Crippen LogP contribution in [0.4, 0.5) is 0 Å². The van der Waals surface area contributed by atoms with E-state index in [2.05, 4.69) is 53.0 Å². The van der Waals surface area contributed by atoms with Crippen LogP contribution in [-0.2, 0) is 6.42 Å². The smallest absolute Gasteiger partial charge is 0.287 e. The molecule has 1 amide bonds. The molecule has 0 aliphatic heterocycles. The molecular weight excluding hydrogens is 479 g/mol. The fourth-order valence-electron chi connectivity index (χ4n) is 3.04. The highest BCUT2D eigenvalue weighted by molar-refractivity contribution is 14.0. The minimum Gasteiger partial charge on any atom is -0.459 e. The molecule has 0 spiro atoms. The van der Waals surface area contributed by atoms with Crippen molar-refractivity contribution in [1.82, 2.24) is 16.0 Å². The predicted molar refractivity (Wildman–Crippen MR) is 129 cm³/mol. The Hall–Kier alpha value is -2.03.